The summed E-state index contributed by atoms with van der Waals surface area (Å²) in [4.78, 5) is 26.6. The maximum Gasteiger partial charge on any atom is 0.407 e. The van der Waals surface area contributed by atoms with E-state index in [2.05, 4.69) is 10.2 Å². The average Bonchev–Trinajstić information content (AvgIpc) is 2.97. The van der Waals surface area contributed by atoms with Gasteiger partial charge in [-0.15, -0.1) is 11.3 Å². The summed E-state index contributed by atoms with van der Waals surface area (Å²) in [5, 5.41) is 4.77. The van der Waals surface area contributed by atoms with Crippen LogP contribution in [0.5, 0.6) is 0 Å². The number of nitrogens with zero attached hydrogens (tertiary/aromatic N) is 1. The number of nitrogens with one attached hydrogen (secondary N) is 1. The maximum absolute atomic E-state index is 12.0. The highest BCUT2D eigenvalue weighted by atomic mass is 32.1. The summed E-state index contributed by atoms with van der Waals surface area (Å²) in [6.07, 6.45) is 0.454. The highest BCUT2D eigenvalue weighted by Crippen LogP contribution is 2.14. The number of likely N-dealkylation sites (tertiary alicyclic amines) is 1. The predicted octanol–water partition coefficient (Wildman–Crippen LogP) is 2.53. The molecule has 1 aliphatic heterocycles. The van der Waals surface area contributed by atoms with E-state index in [0.717, 1.165) is 17.8 Å². The lowest BCUT2D eigenvalue weighted by Crippen LogP contribution is -2.41. The second-order valence-electron chi connectivity index (χ2n) is 6.27. The molecule has 2 heterocycles. The molecule has 0 saturated carbocycles. The summed E-state index contributed by atoms with van der Waals surface area (Å²) in [7, 11) is 0. The van der Waals surface area contributed by atoms with Crippen molar-refractivity contribution < 1.29 is 14.3 Å². The zero-order valence-corrected chi connectivity index (χ0v) is 13.5. The van der Waals surface area contributed by atoms with Gasteiger partial charge in [0.2, 0.25) is 0 Å². The van der Waals surface area contributed by atoms with Crippen LogP contribution in [0.25, 0.3) is 0 Å². The van der Waals surface area contributed by atoms with Crippen molar-refractivity contribution in [3.8, 4) is 0 Å². The van der Waals surface area contributed by atoms with Gasteiger partial charge in [-0.2, -0.15) is 0 Å². The number of ketones is 1. The second kappa shape index (κ2) is 6.58. The van der Waals surface area contributed by atoms with Crippen LogP contribution in [0.3, 0.4) is 0 Å². The molecule has 1 aromatic rings. The minimum atomic E-state index is -0.489. The quantitative estimate of drug-likeness (QED) is 0.868. The first-order chi connectivity index (χ1) is 9.83. The monoisotopic (exact) mass is 310 g/mol. The summed E-state index contributed by atoms with van der Waals surface area (Å²) in [6, 6.07) is 3.78. The fraction of sp³-hybridized carbons (Fsp3) is 0.600. The van der Waals surface area contributed by atoms with Gasteiger partial charge in [0.15, 0.2) is 5.78 Å². The third-order valence-electron chi connectivity index (χ3n) is 3.16. The van der Waals surface area contributed by atoms with E-state index in [0.29, 0.717) is 13.1 Å². The third-order valence-corrected chi connectivity index (χ3v) is 4.07. The van der Waals surface area contributed by atoms with E-state index in [1.165, 1.54) is 11.3 Å². The minimum absolute atomic E-state index is 0.0518. The van der Waals surface area contributed by atoms with Gasteiger partial charge in [-0.05, 0) is 38.6 Å². The van der Waals surface area contributed by atoms with E-state index in [9.17, 15) is 9.59 Å². The summed E-state index contributed by atoms with van der Waals surface area (Å²) in [5.41, 5.74) is -0.489. The molecule has 5 nitrogen and oxygen atoms in total. The Kier molecular flexibility index (Phi) is 5.00. The Morgan fingerprint density at radius 3 is 2.86 bits per heavy atom. The van der Waals surface area contributed by atoms with E-state index in [1.807, 2.05) is 38.3 Å². The highest BCUT2D eigenvalue weighted by molar-refractivity contribution is 7.12. The van der Waals surface area contributed by atoms with Crippen molar-refractivity contribution in [1.82, 2.24) is 10.2 Å². The number of alkyl carbamates (subject to hydrolysis) is 1. The van der Waals surface area contributed by atoms with Crippen molar-refractivity contribution in [2.45, 2.75) is 38.8 Å². The molecule has 0 aliphatic carbocycles. The van der Waals surface area contributed by atoms with E-state index >= 15 is 0 Å². The SMILES string of the molecule is CC(C)(C)OC(=O)N[C@@H]1CCN(CC(=O)c2cccs2)C1. The van der Waals surface area contributed by atoms with Crippen LogP contribution in [0.2, 0.25) is 0 Å². The molecule has 1 saturated heterocycles. The van der Waals surface area contributed by atoms with Crippen LogP contribution in [0, 0.1) is 0 Å². The molecule has 0 radical (unpaired) electrons. The first-order valence-electron chi connectivity index (χ1n) is 7.12. The molecular formula is C15H22N2O3S. The van der Waals surface area contributed by atoms with Crippen LogP contribution in [0.4, 0.5) is 4.79 Å². The smallest absolute Gasteiger partial charge is 0.407 e. The lowest BCUT2D eigenvalue weighted by Gasteiger charge is -2.22. The van der Waals surface area contributed by atoms with Gasteiger partial charge in [-0.1, -0.05) is 6.07 Å². The lowest BCUT2D eigenvalue weighted by atomic mass is 10.2. The van der Waals surface area contributed by atoms with Gasteiger partial charge in [0.25, 0.3) is 0 Å². The van der Waals surface area contributed by atoms with Crippen molar-refractivity contribution in [2.24, 2.45) is 0 Å². The van der Waals surface area contributed by atoms with Crippen LogP contribution < -0.4 is 5.32 Å². The van der Waals surface area contributed by atoms with Crippen molar-refractivity contribution in [1.29, 1.82) is 0 Å². The van der Waals surface area contributed by atoms with Gasteiger partial charge in [-0.3, -0.25) is 9.69 Å². The minimum Gasteiger partial charge on any atom is -0.444 e. The molecule has 0 bridgehead atoms. The van der Waals surface area contributed by atoms with Gasteiger partial charge in [0.05, 0.1) is 11.4 Å². The molecule has 1 atom stereocenters. The number of rotatable bonds is 4. The Labute approximate surface area is 129 Å². The standard InChI is InChI=1S/C15H22N2O3S/c1-15(2,3)20-14(19)16-11-6-7-17(9-11)10-12(18)13-5-4-8-21-13/h4-5,8,11H,6-7,9-10H2,1-3H3,(H,16,19)/t11-/m1/s1. The second-order valence-corrected chi connectivity index (χ2v) is 7.22. The molecule has 21 heavy (non-hydrogen) atoms. The van der Waals surface area contributed by atoms with E-state index in [1.54, 1.807) is 0 Å². The van der Waals surface area contributed by atoms with E-state index in [-0.39, 0.29) is 17.9 Å². The first kappa shape index (κ1) is 16.0. The molecule has 0 unspecified atom stereocenters. The van der Waals surface area contributed by atoms with Gasteiger partial charge < -0.3 is 10.1 Å². The van der Waals surface area contributed by atoms with Crippen molar-refractivity contribution in [2.75, 3.05) is 19.6 Å². The molecule has 1 N–H and O–H groups in total. The largest absolute Gasteiger partial charge is 0.444 e. The Morgan fingerprint density at radius 2 is 2.24 bits per heavy atom. The molecule has 1 fully saturated rings. The third kappa shape index (κ3) is 5.13. The highest BCUT2D eigenvalue weighted by Gasteiger charge is 2.27. The number of carbonyl (C=O) groups excluding carboxylic acids is 2. The van der Waals surface area contributed by atoms with Crippen molar-refractivity contribution in [3.05, 3.63) is 22.4 Å². The van der Waals surface area contributed by atoms with Crippen molar-refractivity contribution in [3.63, 3.8) is 0 Å². The molecule has 1 aliphatic rings. The summed E-state index contributed by atoms with van der Waals surface area (Å²) in [6.45, 7) is 7.44. The van der Waals surface area contributed by atoms with Gasteiger partial charge in [0, 0.05) is 19.1 Å². The molecule has 0 aromatic carbocycles. The Balaban J connectivity index is 1.76. The van der Waals surface area contributed by atoms with Gasteiger partial charge in [-0.25, -0.2) is 4.79 Å². The molecular weight excluding hydrogens is 288 g/mol. The number of hydrogen-bond donors (Lipinski definition) is 1. The van der Waals surface area contributed by atoms with Crippen molar-refractivity contribution >= 4 is 23.2 Å². The van der Waals surface area contributed by atoms with Crippen LogP contribution in [0.1, 0.15) is 36.9 Å². The topological polar surface area (TPSA) is 58.6 Å². The molecule has 6 heteroatoms. The van der Waals surface area contributed by atoms with Gasteiger partial charge >= 0.3 is 6.09 Å². The fourth-order valence-electron chi connectivity index (χ4n) is 2.29. The number of Topliss-reactive ketones (excluding diaryl/α,β-unsaturated/α-hetero) is 1. The Hall–Kier alpha value is -1.40. The zero-order valence-electron chi connectivity index (χ0n) is 12.7. The van der Waals surface area contributed by atoms with E-state index in [4.69, 9.17) is 4.74 Å². The number of hydrogen-bond acceptors (Lipinski definition) is 5. The fourth-order valence-corrected chi connectivity index (χ4v) is 2.94. The molecule has 1 aromatic heterocycles. The Bertz CT molecular complexity index is 494. The summed E-state index contributed by atoms with van der Waals surface area (Å²) in [5.74, 6) is 0.142. The number of thiophene rings is 1. The van der Waals surface area contributed by atoms with Crippen LogP contribution in [-0.4, -0.2) is 48.1 Å². The first-order valence-corrected chi connectivity index (χ1v) is 8.00. The van der Waals surface area contributed by atoms with Gasteiger partial charge in [0.1, 0.15) is 5.60 Å². The number of ether oxygens (including phenoxy) is 1. The predicted molar refractivity (Wildman–Crippen MR) is 82.9 cm³/mol. The number of amides is 1. The average molecular weight is 310 g/mol. The molecule has 2 rings (SSSR count). The van der Waals surface area contributed by atoms with Crippen LogP contribution in [0.15, 0.2) is 17.5 Å². The molecule has 0 spiro atoms. The van der Waals surface area contributed by atoms with Crippen LogP contribution in [-0.2, 0) is 4.74 Å². The Morgan fingerprint density at radius 1 is 1.48 bits per heavy atom. The summed E-state index contributed by atoms with van der Waals surface area (Å²) < 4.78 is 5.24. The maximum atomic E-state index is 12.0. The molecule has 1 amide bonds. The van der Waals surface area contributed by atoms with Crippen LogP contribution >= 0.6 is 11.3 Å². The normalized spacial score (nSPS) is 19.5. The molecule has 116 valence electrons. The van der Waals surface area contributed by atoms with E-state index < -0.39 is 5.60 Å². The number of carbonyl (C=O) groups is 2. The zero-order chi connectivity index (χ0) is 15.5. The summed E-state index contributed by atoms with van der Waals surface area (Å²) >= 11 is 1.47. The lowest BCUT2D eigenvalue weighted by molar-refractivity contribution is 0.0506.